The average molecular weight is 271 g/mol. The second-order valence-electron chi connectivity index (χ2n) is 5.73. The predicted molar refractivity (Wildman–Crippen MR) is 80.1 cm³/mol. The van der Waals surface area contributed by atoms with Crippen LogP contribution in [0.2, 0.25) is 0 Å². The molecule has 1 aromatic carbocycles. The van der Waals surface area contributed by atoms with E-state index in [1.54, 1.807) is 0 Å². The molecule has 0 unspecified atom stereocenters. The molecule has 20 heavy (non-hydrogen) atoms. The average Bonchev–Trinajstić information content (AvgIpc) is 2.93. The highest BCUT2D eigenvalue weighted by Crippen LogP contribution is 2.24. The SMILES string of the molecule is NC(=O)C1CCC(NCc2ccc3cc[nH]c3c2)CC1. The number of carbonyl (C=O) groups excluding carboxylic acids is 1. The highest BCUT2D eigenvalue weighted by molar-refractivity contribution is 5.79. The number of hydrogen-bond acceptors (Lipinski definition) is 2. The van der Waals surface area contributed by atoms with Gasteiger partial charge < -0.3 is 16.0 Å². The summed E-state index contributed by atoms with van der Waals surface area (Å²) in [5.74, 6) is -0.0519. The van der Waals surface area contributed by atoms with Crippen LogP contribution in [0.3, 0.4) is 0 Å². The lowest BCUT2D eigenvalue weighted by atomic mass is 9.85. The molecule has 1 saturated carbocycles. The minimum atomic E-state index is -0.138. The Kier molecular flexibility index (Phi) is 3.74. The molecule has 1 fully saturated rings. The van der Waals surface area contributed by atoms with Crippen LogP contribution in [-0.4, -0.2) is 16.9 Å². The van der Waals surface area contributed by atoms with Crippen LogP contribution < -0.4 is 11.1 Å². The van der Waals surface area contributed by atoms with Crippen molar-refractivity contribution in [2.75, 3.05) is 0 Å². The Balaban J connectivity index is 1.53. The number of nitrogens with two attached hydrogens (primary N) is 1. The van der Waals surface area contributed by atoms with Crippen LogP contribution in [0.15, 0.2) is 30.5 Å². The Labute approximate surface area is 118 Å². The number of fused-ring (bicyclic) bond motifs is 1. The van der Waals surface area contributed by atoms with Crippen molar-refractivity contribution < 1.29 is 4.79 Å². The Morgan fingerprint density at radius 3 is 2.80 bits per heavy atom. The highest BCUT2D eigenvalue weighted by Gasteiger charge is 2.24. The summed E-state index contributed by atoms with van der Waals surface area (Å²) in [4.78, 5) is 14.4. The summed E-state index contributed by atoms with van der Waals surface area (Å²) in [6.07, 6.45) is 5.88. The molecule has 1 heterocycles. The molecule has 1 aliphatic carbocycles. The monoisotopic (exact) mass is 271 g/mol. The van der Waals surface area contributed by atoms with E-state index in [1.165, 1.54) is 16.5 Å². The lowest BCUT2D eigenvalue weighted by molar-refractivity contribution is -0.122. The molecule has 0 atom stereocenters. The van der Waals surface area contributed by atoms with E-state index in [0.29, 0.717) is 6.04 Å². The zero-order valence-electron chi connectivity index (χ0n) is 11.6. The fourth-order valence-corrected chi connectivity index (χ4v) is 3.05. The number of benzene rings is 1. The van der Waals surface area contributed by atoms with Gasteiger partial charge in [-0.2, -0.15) is 0 Å². The molecule has 0 aliphatic heterocycles. The third-order valence-electron chi connectivity index (χ3n) is 4.34. The number of hydrogen-bond donors (Lipinski definition) is 3. The molecule has 1 aromatic heterocycles. The topological polar surface area (TPSA) is 70.9 Å². The summed E-state index contributed by atoms with van der Waals surface area (Å²) in [6.45, 7) is 0.876. The van der Waals surface area contributed by atoms with Crippen molar-refractivity contribution in [2.45, 2.75) is 38.3 Å². The fraction of sp³-hybridized carbons (Fsp3) is 0.438. The number of rotatable bonds is 4. The Morgan fingerprint density at radius 2 is 2.05 bits per heavy atom. The molecule has 0 bridgehead atoms. The minimum absolute atomic E-state index is 0.0864. The molecule has 1 amide bonds. The molecule has 3 rings (SSSR count). The maximum absolute atomic E-state index is 11.1. The molecule has 0 saturated heterocycles. The van der Waals surface area contributed by atoms with E-state index in [-0.39, 0.29) is 11.8 Å². The number of aromatic amines is 1. The summed E-state index contributed by atoms with van der Waals surface area (Å²) in [6, 6.07) is 9.09. The van der Waals surface area contributed by atoms with E-state index in [0.717, 1.165) is 32.2 Å². The van der Waals surface area contributed by atoms with Crippen molar-refractivity contribution in [1.29, 1.82) is 0 Å². The van der Waals surface area contributed by atoms with Gasteiger partial charge in [-0.3, -0.25) is 4.79 Å². The summed E-state index contributed by atoms with van der Waals surface area (Å²) in [5, 5.41) is 4.83. The number of aromatic nitrogens is 1. The van der Waals surface area contributed by atoms with E-state index in [9.17, 15) is 4.79 Å². The first-order valence-corrected chi connectivity index (χ1v) is 7.31. The van der Waals surface area contributed by atoms with Crippen molar-refractivity contribution in [1.82, 2.24) is 10.3 Å². The predicted octanol–water partition coefficient (Wildman–Crippen LogP) is 2.30. The van der Waals surface area contributed by atoms with Gasteiger partial charge in [0.1, 0.15) is 0 Å². The Hall–Kier alpha value is -1.81. The smallest absolute Gasteiger partial charge is 0.220 e. The van der Waals surface area contributed by atoms with E-state index >= 15 is 0 Å². The van der Waals surface area contributed by atoms with E-state index in [1.807, 2.05) is 6.20 Å². The first-order chi connectivity index (χ1) is 9.72. The minimum Gasteiger partial charge on any atom is -0.369 e. The van der Waals surface area contributed by atoms with Gasteiger partial charge in [-0.05, 0) is 48.8 Å². The standard InChI is InChI=1S/C16H21N3O/c17-16(20)13-3-5-14(6-4-13)19-10-11-1-2-12-7-8-18-15(12)9-11/h1-2,7-9,13-14,18-19H,3-6,10H2,(H2,17,20). The van der Waals surface area contributed by atoms with Gasteiger partial charge in [-0.15, -0.1) is 0 Å². The Morgan fingerprint density at radius 1 is 1.25 bits per heavy atom. The van der Waals surface area contributed by atoms with Gasteiger partial charge in [0.15, 0.2) is 0 Å². The first-order valence-electron chi connectivity index (χ1n) is 7.31. The summed E-state index contributed by atoms with van der Waals surface area (Å²) >= 11 is 0. The molecule has 4 heteroatoms. The molecule has 106 valence electrons. The molecule has 0 spiro atoms. The van der Waals surface area contributed by atoms with Crippen LogP contribution in [-0.2, 0) is 11.3 Å². The molecular formula is C16H21N3O. The van der Waals surface area contributed by atoms with Gasteiger partial charge >= 0.3 is 0 Å². The second kappa shape index (κ2) is 5.67. The van der Waals surface area contributed by atoms with E-state index in [4.69, 9.17) is 5.73 Å². The number of carbonyl (C=O) groups is 1. The quantitative estimate of drug-likeness (QED) is 0.798. The maximum Gasteiger partial charge on any atom is 0.220 e. The fourth-order valence-electron chi connectivity index (χ4n) is 3.05. The number of H-pyrrole nitrogens is 1. The van der Waals surface area contributed by atoms with Gasteiger partial charge in [0, 0.05) is 30.2 Å². The third-order valence-corrected chi connectivity index (χ3v) is 4.34. The molecule has 0 radical (unpaired) electrons. The largest absolute Gasteiger partial charge is 0.369 e. The Bertz CT molecular complexity index is 597. The summed E-state index contributed by atoms with van der Waals surface area (Å²) < 4.78 is 0. The van der Waals surface area contributed by atoms with Gasteiger partial charge in [-0.25, -0.2) is 0 Å². The van der Waals surface area contributed by atoms with Gasteiger partial charge in [-0.1, -0.05) is 12.1 Å². The van der Waals surface area contributed by atoms with Gasteiger partial charge in [0.25, 0.3) is 0 Å². The zero-order valence-corrected chi connectivity index (χ0v) is 11.6. The molecule has 4 nitrogen and oxygen atoms in total. The van der Waals surface area contributed by atoms with Crippen molar-refractivity contribution >= 4 is 16.8 Å². The number of primary amides is 1. The van der Waals surface area contributed by atoms with Crippen LogP contribution >= 0.6 is 0 Å². The van der Waals surface area contributed by atoms with Crippen LogP contribution in [0.5, 0.6) is 0 Å². The normalized spacial score (nSPS) is 23.0. The third kappa shape index (κ3) is 2.85. The summed E-state index contributed by atoms with van der Waals surface area (Å²) in [5.41, 5.74) is 7.83. The van der Waals surface area contributed by atoms with E-state index in [2.05, 4.69) is 34.6 Å². The number of nitrogens with one attached hydrogen (secondary N) is 2. The van der Waals surface area contributed by atoms with Gasteiger partial charge in [0.05, 0.1) is 0 Å². The number of amides is 1. The molecular weight excluding hydrogens is 250 g/mol. The second-order valence-corrected chi connectivity index (χ2v) is 5.73. The van der Waals surface area contributed by atoms with Gasteiger partial charge in [0.2, 0.25) is 5.91 Å². The molecule has 1 aliphatic rings. The van der Waals surface area contributed by atoms with E-state index < -0.39 is 0 Å². The zero-order chi connectivity index (χ0) is 13.9. The molecule has 2 aromatic rings. The first kappa shape index (κ1) is 13.2. The lowest BCUT2D eigenvalue weighted by Gasteiger charge is -2.27. The van der Waals surface area contributed by atoms with Crippen molar-refractivity contribution in [3.05, 3.63) is 36.0 Å². The molecule has 4 N–H and O–H groups in total. The van der Waals surface area contributed by atoms with Crippen LogP contribution in [0.4, 0.5) is 0 Å². The van der Waals surface area contributed by atoms with Crippen LogP contribution in [0, 0.1) is 5.92 Å². The van der Waals surface area contributed by atoms with Crippen LogP contribution in [0.25, 0.3) is 10.9 Å². The van der Waals surface area contributed by atoms with Crippen LogP contribution in [0.1, 0.15) is 31.2 Å². The van der Waals surface area contributed by atoms with Crippen molar-refractivity contribution in [3.63, 3.8) is 0 Å². The highest BCUT2D eigenvalue weighted by atomic mass is 16.1. The summed E-state index contributed by atoms with van der Waals surface area (Å²) in [7, 11) is 0. The lowest BCUT2D eigenvalue weighted by Crippen LogP contribution is -2.36. The van der Waals surface area contributed by atoms with Crippen molar-refractivity contribution in [3.8, 4) is 0 Å². The van der Waals surface area contributed by atoms with Crippen molar-refractivity contribution in [2.24, 2.45) is 11.7 Å². The maximum atomic E-state index is 11.1.